The lowest BCUT2D eigenvalue weighted by molar-refractivity contribution is 0.0282. The van der Waals surface area contributed by atoms with E-state index < -0.39 is 0 Å². The quantitative estimate of drug-likeness (QED) is 0.870. The molecule has 2 N–H and O–H groups in total. The molecule has 1 heterocycles. The van der Waals surface area contributed by atoms with E-state index in [1.165, 1.54) is 11.3 Å². The highest BCUT2D eigenvalue weighted by molar-refractivity contribution is 7.16. The highest BCUT2D eigenvalue weighted by atomic mass is 35.5. The molecule has 0 aliphatic carbocycles. The standard InChI is InChI=1S/C14H15Cl2NOS/c1-9(17)14(12-6-7-13(16)19-12)18-8-10-2-4-11(15)5-3-10/h2-7,9,14H,8,17H2,1H3. The summed E-state index contributed by atoms with van der Waals surface area (Å²) >= 11 is 13.3. The van der Waals surface area contributed by atoms with Crippen LogP contribution >= 0.6 is 34.5 Å². The molecule has 0 saturated heterocycles. The van der Waals surface area contributed by atoms with Crippen molar-refractivity contribution in [3.63, 3.8) is 0 Å². The first kappa shape index (κ1) is 14.8. The van der Waals surface area contributed by atoms with Gasteiger partial charge >= 0.3 is 0 Å². The summed E-state index contributed by atoms with van der Waals surface area (Å²) in [6.45, 7) is 2.43. The zero-order valence-electron chi connectivity index (χ0n) is 10.5. The predicted octanol–water partition coefficient (Wildman–Crippen LogP) is 4.66. The highest BCUT2D eigenvalue weighted by Gasteiger charge is 2.19. The second-order valence-corrected chi connectivity index (χ2v) is 6.54. The van der Waals surface area contributed by atoms with Gasteiger partial charge in [-0.1, -0.05) is 35.3 Å². The monoisotopic (exact) mass is 315 g/mol. The van der Waals surface area contributed by atoms with Crippen molar-refractivity contribution in [2.45, 2.75) is 25.7 Å². The molecule has 0 amide bonds. The van der Waals surface area contributed by atoms with Crippen LogP contribution in [-0.2, 0) is 11.3 Å². The van der Waals surface area contributed by atoms with Crippen molar-refractivity contribution in [1.29, 1.82) is 0 Å². The van der Waals surface area contributed by atoms with Crippen molar-refractivity contribution in [3.05, 3.63) is 56.2 Å². The summed E-state index contributed by atoms with van der Waals surface area (Å²) in [5.41, 5.74) is 7.05. The third-order valence-corrected chi connectivity index (χ3v) is 4.24. The molecule has 2 nitrogen and oxygen atoms in total. The van der Waals surface area contributed by atoms with Gasteiger partial charge in [0.1, 0.15) is 6.10 Å². The predicted molar refractivity (Wildman–Crippen MR) is 82.0 cm³/mol. The van der Waals surface area contributed by atoms with Gasteiger partial charge in [-0.15, -0.1) is 11.3 Å². The Labute approximate surface area is 127 Å². The van der Waals surface area contributed by atoms with E-state index in [1.54, 1.807) is 0 Å². The van der Waals surface area contributed by atoms with Crippen LogP contribution in [0.4, 0.5) is 0 Å². The van der Waals surface area contributed by atoms with Crippen molar-refractivity contribution in [2.75, 3.05) is 0 Å². The van der Waals surface area contributed by atoms with Crippen molar-refractivity contribution in [2.24, 2.45) is 5.73 Å². The maximum absolute atomic E-state index is 5.98. The Morgan fingerprint density at radius 2 is 1.84 bits per heavy atom. The minimum atomic E-state index is -0.145. The molecule has 1 aromatic carbocycles. The molecule has 1 aromatic heterocycles. The van der Waals surface area contributed by atoms with E-state index in [1.807, 2.05) is 43.3 Å². The summed E-state index contributed by atoms with van der Waals surface area (Å²) in [5.74, 6) is 0. The van der Waals surface area contributed by atoms with Crippen LogP contribution in [0.2, 0.25) is 9.36 Å². The van der Waals surface area contributed by atoms with Gasteiger partial charge in [0.2, 0.25) is 0 Å². The second kappa shape index (κ2) is 6.73. The zero-order chi connectivity index (χ0) is 13.8. The number of rotatable bonds is 5. The molecule has 5 heteroatoms. The van der Waals surface area contributed by atoms with E-state index >= 15 is 0 Å². The lowest BCUT2D eigenvalue weighted by atomic mass is 10.1. The highest BCUT2D eigenvalue weighted by Crippen LogP contribution is 2.31. The normalized spacial score (nSPS) is 14.3. The van der Waals surface area contributed by atoms with Gasteiger partial charge in [0.15, 0.2) is 0 Å². The van der Waals surface area contributed by atoms with Crippen molar-refractivity contribution < 1.29 is 4.74 Å². The molecule has 0 aliphatic rings. The number of benzene rings is 1. The molecular weight excluding hydrogens is 301 g/mol. The minimum absolute atomic E-state index is 0.0954. The van der Waals surface area contributed by atoms with Crippen molar-refractivity contribution >= 4 is 34.5 Å². The van der Waals surface area contributed by atoms with Crippen molar-refractivity contribution in [3.8, 4) is 0 Å². The topological polar surface area (TPSA) is 35.2 Å². The van der Waals surface area contributed by atoms with E-state index in [0.29, 0.717) is 6.61 Å². The average Bonchev–Trinajstić information content (AvgIpc) is 2.78. The lowest BCUT2D eigenvalue weighted by Crippen LogP contribution is -2.26. The Morgan fingerprint density at radius 1 is 1.16 bits per heavy atom. The van der Waals surface area contributed by atoms with E-state index in [4.69, 9.17) is 33.7 Å². The molecule has 102 valence electrons. The summed E-state index contributed by atoms with van der Waals surface area (Å²) in [4.78, 5) is 1.05. The average molecular weight is 316 g/mol. The first-order valence-electron chi connectivity index (χ1n) is 5.93. The number of nitrogens with two attached hydrogens (primary N) is 1. The third-order valence-electron chi connectivity index (χ3n) is 2.69. The van der Waals surface area contributed by atoms with Crippen LogP contribution in [-0.4, -0.2) is 6.04 Å². The van der Waals surface area contributed by atoms with Crippen molar-refractivity contribution in [1.82, 2.24) is 0 Å². The molecule has 2 aromatic rings. The first-order chi connectivity index (χ1) is 9.06. The smallest absolute Gasteiger partial charge is 0.107 e. The molecule has 2 unspecified atom stereocenters. The molecule has 2 atom stereocenters. The Balaban J connectivity index is 2.03. The number of thiophene rings is 1. The molecule has 0 bridgehead atoms. The van der Waals surface area contributed by atoms with Gasteiger partial charge in [0.05, 0.1) is 10.9 Å². The molecule has 0 aliphatic heterocycles. The summed E-state index contributed by atoms with van der Waals surface area (Å²) in [6, 6.07) is 11.3. The largest absolute Gasteiger partial charge is 0.366 e. The molecule has 0 radical (unpaired) electrons. The van der Waals surface area contributed by atoms with Gasteiger partial charge < -0.3 is 10.5 Å². The lowest BCUT2D eigenvalue weighted by Gasteiger charge is -2.20. The molecule has 19 heavy (non-hydrogen) atoms. The van der Waals surface area contributed by atoms with Crippen LogP contribution in [0.25, 0.3) is 0 Å². The number of hydrogen-bond acceptors (Lipinski definition) is 3. The van der Waals surface area contributed by atoms with Crippen LogP contribution in [0.1, 0.15) is 23.5 Å². The van der Waals surface area contributed by atoms with Gasteiger partial charge in [0.25, 0.3) is 0 Å². The number of halogens is 2. The van der Waals surface area contributed by atoms with Gasteiger partial charge in [-0.3, -0.25) is 0 Å². The first-order valence-corrected chi connectivity index (χ1v) is 7.50. The summed E-state index contributed by atoms with van der Waals surface area (Å²) in [7, 11) is 0. The summed E-state index contributed by atoms with van der Waals surface area (Å²) in [6.07, 6.45) is -0.145. The Bertz CT molecular complexity index is 524. The molecule has 2 rings (SSSR count). The third kappa shape index (κ3) is 4.20. The van der Waals surface area contributed by atoms with Crippen LogP contribution in [0.5, 0.6) is 0 Å². The Kier molecular flexibility index (Phi) is 5.25. The SMILES string of the molecule is CC(N)C(OCc1ccc(Cl)cc1)c1ccc(Cl)s1. The van der Waals surface area contributed by atoms with E-state index in [0.717, 1.165) is 19.8 Å². The van der Waals surface area contributed by atoms with E-state index in [-0.39, 0.29) is 12.1 Å². The maximum Gasteiger partial charge on any atom is 0.107 e. The summed E-state index contributed by atoms with van der Waals surface area (Å²) < 4.78 is 6.66. The van der Waals surface area contributed by atoms with Crippen LogP contribution in [0.15, 0.2) is 36.4 Å². The minimum Gasteiger partial charge on any atom is -0.366 e. The van der Waals surface area contributed by atoms with Gasteiger partial charge in [-0.2, -0.15) is 0 Å². The van der Waals surface area contributed by atoms with E-state index in [9.17, 15) is 0 Å². The molecule has 0 fully saturated rings. The summed E-state index contributed by atoms with van der Waals surface area (Å²) in [5, 5.41) is 0.720. The number of hydrogen-bond donors (Lipinski definition) is 1. The molecular formula is C14H15Cl2NOS. The van der Waals surface area contributed by atoms with E-state index in [2.05, 4.69) is 0 Å². The number of ether oxygens (including phenoxy) is 1. The van der Waals surface area contributed by atoms with Gasteiger partial charge in [-0.25, -0.2) is 0 Å². The zero-order valence-corrected chi connectivity index (χ0v) is 12.8. The Morgan fingerprint density at radius 3 is 2.37 bits per heavy atom. The van der Waals surface area contributed by atoms with Crippen LogP contribution in [0, 0.1) is 0 Å². The van der Waals surface area contributed by atoms with Gasteiger partial charge in [-0.05, 0) is 36.8 Å². The molecule has 0 spiro atoms. The van der Waals surface area contributed by atoms with Crippen LogP contribution < -0.4 is 5.73 Å². The molecule has 0 saturated carbocycles. The fourth-order valence-corrected chi connectivity index (χ4v) is 3.09. The fourth-order valence-electron chi connectivity index (χ4n) is 1.74. The van der Waals surface area contributed by atoms with Gasteiger partial charge in [0, 0.05) is 15.9 Å². The Hall–Kier alpha value is -0.580. The van der Waals surface area contributed by atoms with Crippen LogP contribution in [0.3, 0.4) is 0 Å². The second-order valence-electron chi connectivity index (χ2n) is 4.36. The fraction of sp³-hybridized carbons (Fsp3) is 0.286. The maximum atomic E-state index is 5.98.